The summed E-state index contributed by atoms with van der Waals surface area (Å²) in [4.78, 5) is 11.7. The summed E-state index contributed by atoms with van der Waals surface area (Å²) in [5.74, 6) is 1.09. The number of carbonyl (C=O) groups is 1. The summed E-state index contributed by atoms with van der Waals surface area (Å²) in [5.41, 5.74) is 6.64. The Kier molecular flexibility index (Phi) is 6.87. The molecule has 1 unspecified atom stereocenters. The quantitative estimate of drug-likeness (QED) is 0.756. The highest BCUT2D eigenvalue weighted by Crippen LogP contribution is 2.29. The number of amides is 1. The number of nitrogens with one attached hydrogen (secondary N) is 1. The minimum Gasteiger partial charge on any atom is -0.490 e. The SMILES string of the molecule is CCNC(=O)C(C)Oc1ccc(CCN)cc1OCC. The number of likely N-dealkylation sites (N-methyl/N-ethyl adjacent to an activating group) is 1. The van der Waals surface area contributed by atoms with E-state index in [2.05, 4.69) is 5.32 Å². The standard InChI is InChI=1S/C15H24N2O3/c1-4-17-15(18)11(3)20-13-7-6-12(8-9-16)10-14(13)19-5-2/h6-7,10-11H,4-5,8-9,16H2,1-3H3,(H,17,18). The van der Waals surface area contributed by atoms with Gasteiger partial charge in [-0.25, -0.2) is 0 Å². The highest BCUT2D eigenvalue weighted by Gasteiger charge is 2.16. The van der Waals surface area contributed by atoms with Crippen molar-refractivity contribution in [3.8, 4) is 11.5 Å². The zero-order valence-corrected chi connectivity index (χ0v) is 12.4. The molecule has 1 rings (SSSR count). The van der Waals surface area contributed by atoms with Crippen LogP contribution in [0.25, 0.3) is 0 Å². The molecule has 0 radical (unpaired) electrons. The molecule has 0 saturated carbocycles. The lowest BCUT2D eigenvalue weighted by Crippen LogP contribution is -2.36. The highest BCUT2D eigenvalue weighted by atomic mass is 16.5. The third kappa shape index (κ3) is 4.74. The van der Waals surface area contributed by atoms with Crippen LogP contribution in [0.5, 0.6) is 11.5 Å². The second-order valence-corrected chi connectivity index (χ2v) is 4.41. The molecule has 112 valence electrons. The molecule has 0 aliphatic heterocycles. The number of hydrogen-bond donors (Lipinski definition) is 2. The molecule has 0 bridgehead atoms. The van der Waals surface area contributed by atoms with E-state index in [1.807, 2.05) is 32.0 Å². The zero-order valence-electron chi connectivity index (χ0n) is 12.4. The van der Waals surface area contributed by atoms with Gasteiger partial charge in [0.25, 0.3) is 5.91 Å². The molecule has 0 aliphatic rings. The number of benzene rings is 1. The molecule has 1 atom stereocenters. The molecule has 0 heterocycles. The van der Waals surface area contributed by atoms with Crippen molar-refractivity contribution in [2.45, 2.75) is 33.3 Å². The van der Waals surface area contributed by atoms with Crippen LogP contribution < -0.4 is 20.5 Å². The summed E-state index contributed by atoms with van der Waals surface area (Å²) >= 11 is 0. The molecule has 0 saturated heterocycles. The van der Waals surface area contributed by atoms with Gasteiger partial charge in [-0.1, -0.05) is 6.07 Å². The Balaban J connectivity index is 2.84. The van der Waals surface area contributed by atoms with Gasteiger partial charge in [0.05, 0.1) is 6.61 Å². The molecule has 5 heteroatoms. The van der Waals surface area contributed by atoms with Crippen molar-refractivity contribution in [2.24, 2.45) is 5.73 Å². The molecule has 1 aromatic rings. The summed E-state index contributed by atoms with van der Waals surface area (Å²) < 4.78 is 11.2. The number of carbonyl (C=O) groups excluding carboxylic acids is 1. The van der Waals surface area contributed by atoms with Crippen molar-refractivity contribution in [2.75, 3.05) is 19.7 Å². The van der Waals surface area contributed by atoms with Gasteiger partial charge in [0, 0.05) is 6.54 Å². The van der Waals surface area contributed by atoms with Crippen LogP contribution >= 0.6 is 0 Å². The average Bonchev–Trinajstić information content (AvgIpc) is 2.42. The molecule has 5 nitrogen and oxygen atoms in total. The Morgan fingerprint density at radius 1 is 1.35 bits per heavy atom. The van der Waals surface area contributed by atoms with Crippen molar-refractivity contribution in [3.63, 3.8) is 0 Å². The van der Waals surface area contributed by atoms with Gasteiger partial charge in [-0.2, -0.15) is 0 Å². The molecule has 0 aromatic heterocycles. The smallest absolute Gasteiger partial charge is 0.260 e. The number of rotatable bonds is 8. The topological polar surface area (TPSA) is 73.6 Å². The maximum Gasteiger partial charge on any atom is 0.260 e. The molecular formula is C15H24N2O3. The lowest BCUT2D eigenvalue weighted by Gasteiger charge is -2.17. The van der Waals surface area contributed by atoms with Crippen molar-refractivity contribution >= 4 is 5.91 Å². The predicted octanol–water partition coefficient (Wildman–Crippen LogP) is 1.49. The minimum atomic E-state index is -0.561. The van der Waals surface area contributed by atoms with Gasteiger partial charge >= 0.3 is 0 Å². The van der Waals surface area contributed by atoms with E-state index in [0.717, 1.165) is 12.0 Å². The zero-order chi connectivity index (χ0) is 15.0. The van der Waals surface area contributed by atoms with Crippen LogP contribution in [0.2, 0.25) is 0 Å². The lowest BCUT2D eigenvalue weighted by molar-refractivity contribution is -0.127. The number of nitrogens with two attached hydrogens (primary N) is 1. The van der Waals surface area contributed by atoms with Gasteiger partial charge in [-0.15, -0.1) is 0 Å². The van der Waals surface area contributed by atoms with Crippen LogP contribution in [-0.4, -0.2) is 31.7 Å². The summed E-state index contributed by atoms with van der Waals surface area (Å²) in [5, 5.41) is 2.73. The summed E-state index contributed by atoms with van der Waals surface area (Å²) in [6.45, 7) is 7.21. The first-order chi connectivity index (χ1) is 9.62. The molecule has 1 aromatic carbocycles. The van der Waals surface area contributed by atoms with Crippen LogP contribution in [-0.2, 0) is 11.2 Å². The highest BCUT2D eigenvalue weighted by molar-refractivity contribution is 5.80. The molecule has 20 heavy (non-hydrogen) atoms. The van der Waals surface area contributed by atoms with Crippen molar-refractivity contribution < 1.29 is 14.3 Å². The van der Waals surface area contributed by atoms with Gasteiger partial charge in [0.2, 0.25) is 0 Å². The largest absolute Gasteiger partial charge is 0.490 e. The number of hydrogen-bond acceptors (Lipinski definition) is 4. The van der Waals surface area contributed by atoms with Crippen LogP contribution in [0.4, 0.5) is 0 Å². The van der Waals surface area contributed by atoms with E-state index in [9.17, 15) is 4.79 Å². The van der Waals surface area contributed by atoms with Gasteiger partial charge in [0.15, 0.2) is 17.6 Å². The second-order valence-electron chi connectivity index (χ2n) is 4.41. The second kappa shape index (κ2) is 8.43. The van der Waals surface area contributed by atoms with E-state index < -0.39 is 6.10 Å². The first-order valence-corrected chi connectivity index (χ1v) is 7.02. The van der Waals surface area contributed by atoms with Crippen LogP contribution in [0.3, 0.4) is 0 Å². The van der Waals surface area contributed by atoms with E-state index in [4.69, 9.17) is 15.2 Å². The first kappa shape index (κ1) is 16.3. The van der Waals surface area contributed by atoms with E-state index in [0.29, 0.717) is 31.2 Å². The van der Waals surface area contributed by atoms with Gasteiger partial charge in [0.1, 0.15) is 0 Å². The Hall–Kier alpha value is -1.75. The number of ether oxygens (including phenoxy) is 2. The van der Waals surface area contributed by atoms with Crippen molar-refractivity contribution in [1.29, 1.82) is 0 Å². The maximum absolute atomic E-state index is 11.7. The van der Waals surface area contributed by atoms with E-state index in [-0.39, 0.29) is 5.91 Å². The van der Waals surface area contributed by atoms with E-state index >= 15 is 0 Å². The van der Waals surface area contributed by atoms with Gasteiger partial charge < -0.3 is 20.5 Å². The summed E-state index contributed by atoms with van der Waals surface area (Å²) in [6, 6.07) is 5.68. The van der Waals surface area contributed by atoms with E-state index in [1.165, 1.54) is 0 Å². The summed E-state index contributed by atoms with van der Waals surface area (Å²) in [6.07, 6.45) is 0.223. The third-order valence-electron chi connectivity index (χ3n) is 2.76. The molecule has 3 N–H and O–H groups in total. The van der Waals surface area contributed by atoms with E-state index in [1.54, 1.807) is 6.92 Å². The minimum absolute atomic E-state index is 0.138. The van der Waals surface area contributed by atoms with Crippen LogP contribution in [0.1, 0.15) is 26.3 Å². The normalized spacial score (nSPS) is 11.8. The molecule has 0 spiro atoms. The molecule has 0 aliphatic carbocycles. The van der Waals surface area contributed by atoms with Crippen molar-refractivity contribution in [1.82, 2.24) is 5.32 Å². The fourth-order valence-electron chi connectivity index (χ4n) is 1.80. The predicted molar refractivity (Wildman–Crippen MR) is 79.1 cm³/mol. The fourth-order valence-corrected chi connectivity index (χ4v) is 1.80. The first-order valence-electron chi connectivity index (χ1n) is 7.02. The third-order valence-corrected chi connectivity index (χ3v) is 2.76. The molecular weight excluding hydrogens is 256 g/mol. The Morgan fingerprint density at radius 2 is 2.10 bits per heavy atom. The average molecular weight is 280 g/mol. The van der Waals surface area contributed by atoms with Crippen molar-refractivity contribution in [3.05, 3.63) is 23.8 Å². The van der Waals surface area contributed by atoms with Gasteiger partial charge in [-0.3, -0.25) is 4.79 Å². The lowest BCUT2D eigenvalue weighted by atomic mass is 10.1. The maximum atomic E-state index is 11.7. The van der Waals surface area contributed by atoms with Gasteiger partial charge in [-0.05, 0) is 51.4 Å². The molecule has 0 fully saturated rings. The molecule has 1 amide bonds. The fraction of sp³-hybridized carbons (Fsp3) is 0.533. The van der Waals surface area contributed by atoms with Crippen LogP contribution in [0.15, 0.2) is 18.2 Å². The monoisotopic (exact) mass is 280 g/mol. The Labute approximate surface area is 120 Å². The van der Waals surface area contributed by atoms with Crippen LogP contribution in [0, 0.1) is 0 Å². The summed E-state index contributed by atoms with van der Waals surface area (Å²) in [7, 11) is 0. The Morgan fingerprint density at radius 3 is 2.70 bits per heavy atom. The Bertz CT molecular complexity index is 435.